The Morgan fingerprint density at radius 2 is 2.17 bits per heavy atom. The van der Waals surface area contributed by atoms with Gasteiger partial charge < -0.3 is 20.7 Å². The number of benzene rings is 1. The van der Waals surface area contributed by atoms with Crippen molar-refractivity contribution in [3.8, 4) is 0 Å². The van der Waals surface area contributed by atoms with E-state index >= 15 is 0 Å². The lowest BCUT2D eigenvalue weighted by Crippen LogP contribution is -2.67. The van der Waals surface area contributed by atoms with Gasteiger partial charge in [0.1, 0.15) is 0 Å². The van der Waals surface area contributed by atoms with Gasteiger partial charge in [0.2, 0.25) is 0 Å². The first-order valence-corrected chi connectivity index (χ1v) is 8.89. The maximum Gasteiger partial charge on any atom is 0.315 e. The summed E-state index contributed by atoms with van der Waals surface area (Å²) in [5, 5.41) is 9.50. The molecule has 5 heteroatoms. The molecule has 3 N–H and O–H groups in total. The molecule has 0 aromatic heterocycles. The summed E-state index contributed by atoms with van der Waals surface area (Å²) < 4.78 is 5.77. The van der Waals surface area contributed by atoms with Gasteiger partial charge in [0.25, 0.3) is 0 Å². The summed E-state index contributed by atoms with van der Waals surface area (Å²) in [5.74, 6) is 0.462. The third-order valence-corrected chi connectivity index (χ3v) is 5.22. The third kappa shape index (κ3) is 3.36. The number of hydrogen-bond acceptors (Lipinski definition) is 3. The quantitative estimate of drug-likeness (QED) is 0.777. The third-order valence-electron chi connectivity index (χ3n) is 5.22. The van der Waals surface area contributed by atoms with Gasteiger partial charge in [-0.05, 0) is 38.0 Å². The first-order valence-electron chi connectivity index (χ1n) is 8.89. The molecule has 132 valence electrons. The fourth-order valence-electron chi connectivity index (χ4n) is 4.10. The van der Waals surface area contributed by atoms with E-state index in [0.29, 0.717) is 24.6 Å². The molecule has 5 nitrogen and oxygen atoms in total. The summed E-state index contributed by atoms with van der Waals surface area (Å²) in [6, 6.07) is 8.64. The zero-order valence-corrected chi connectivity index (χ0v) is 15.1. The highest BCUT2D eigenvalue weighted by Crippen LogP contribution is 2.52. The van der Waals surface area contributed by atoms with Crippen molar-refractivity contribution in [2.24, 2.45) is 11.3 Å². The average Bonchev–Trinajstić information content (AvgIpc) is 2.97. The number of anilines is 1. The molecule has 2 aliphatic rings. The number of hydrogen-bond donors (Lipinski definition) is 3. The van der Waals surface area contributed by atoms with Crippen LogP contribution in [-0.2, 0) is 11.3 Å². The van der Waals surface area contributed by atoms with Crippen molar-refractivity contribution in [3.05, 3.63) is 29.8 Å². The molecule has 0 spiro atoms. The summed E-state index contributed by atoms with van der Waals surface area (Å²) in [6.07, 6.45) is 1.34. The second-order valence-corrected chi connectivity index (χ2v) is 7.87. The number of ether oxygens (including phenoxy) is 1. The number of rotatable bonds is 5. The highest BCUT2D eigenvalue weighted by atomic mass is 16.5. The second-order valence-electron chi connectivity index (χ2n) is 7.87. The Balaban J connectivity index is 1.51. The van der Waals surface area contributed by atoms with E-state index < -0.39 is 0 Å². The smallest absolute Gasteiger partial charge is 0.315 e. The van der Waals surface area contributed by atoms with Gasteiger partial charge in [0.05, 0.1) is 6.10 Å². The van der Waals surface area contributed by atoms with Crippen molar-refractivity contribution in [3.63, 3.8) is 0 Å². The van der Waals surface area contributed by atoms with Crippen LogP contribution in [-0.4, -0.2) is 30.8 Å². The van der Waals surface area contributed by atoms with Crippen LogP contribution < -0.4 is 16.0 Å². The fourth-order valence-corrected chi connectivity index (χ4v) is 4.10. The summed E-state index contributed by atoms with van der Waals surface area (Å²) in [7, 11) is 0. The normalized spacial score (nSPS) is 27.3. The molecule has 1 aliphatic carbocycles. The van der Waals surface area contributed by atoms with Gasteiger partial charge in [-0.1, -0.05) is 26.0 Å². The Labute approximate surface area is 144 Å². The number of carbonyl (C=O) groups is 1. The average molecular weight is 331 g/mol. The van der Waals surface area contributed by atoms with Crippen molar-refractivity contribution in [2.75, 3.05) is 11.9 Å². The molecular weight excluding hydrogens is 302 g/mol. The Bertz CT molecular complexity index is 600. The number of urea groups is 1. The molecule has 2 fully saturated rings. The van der Waals surface area contributed by atoms with Gasteiger partial charge in [-0.15, -0.1) is 0 Å². The fraction of sp³-hybridized carbons (Fsp3) is 0.632. The Morgan fingerprint density at radius 1 is 1.38 bits per heavy atom. The zero-order valence-electron chi connectivity index (χ0n) is 15.1. The van der Waals surface area contributed by atoms with Crippen LogP contribution >= 0.6 is 0 Å². The first kappa shape index (κ1) is 17.1. The van der Waals surface area contributed by atoms with E-state index in [1.54, 1.807) is 0 Å². The van der Waals surface area contributed by atoms with Crippen molar-refractivity contribution in [2.45, 2.75) is 58.8 Å². The van der Waals surface area contributed by atoms with Crippen LogP contribution in [0.1, 0.15) is 39.7 Å². The van der Waals surface area contributed by atoms with E-state index in [4.69, 9.17) is 4.74 Å². The molecule has 1 saturated carbocycles. The van der Waals surface area contributed by atoms with E-state index in [9.17, 15) is 4.79 Å². The first-order chi connectivity index (χ1) is 11.4. The maximum atomic E-state index is 12.3. The molecule has 1 saturated heterocycles. The van der Waals surface area contributed by atoms with Gasteiger partial charge in [0, 0.05) is 42.3 Å². The predicted octanol–water partition coefficient (Wildman–Crippen LogP) is 3.12. The van der Waals surface area contributed by atoms with E-state index in [0.717, 1.165) is 24.3 Å². The van der Waals surface area contributed by atoms with E-state index in [2.05, 4.69) is 49.7 Å². The van der Waals surface area contributed by atoms with Crippen molar-refractivity contribution in [1.82, 2.24) is 10.6 Å². The van der Waals surface area contributed by atoms with Crippen LogP contribution in [0.3, 0.4) is 0 Å². The maximum absolute atomic E-state index is 12.3. The van der Waals surface area contributed by atoms with Crippen LogP contribution in [0.15, 0.2) is 24.3 Å². The highest BCUT2D eigenvalue weighted by molar-refractivity contribution is 5.74. The summed E-state index contributed by atoms with van der Waals surface area (Å²) in [5.41, 5.74) is 2.18. The topological polar surface area (TPSA) is 62.4 Å². The number of carbonyl (C=O) groups excluding carboxylic acids is 1. The summed E-state index contributed by atoms with van der Waals surface area (Å²) in [6.45, 7) is 9.90. The lowest BCUT2D eigenvalue weighted by Gasteiger charge is -2.54. The van der Waals surface area contributed by atoms with E-state index in [1.807, 2.05) is 18.2 Å². The van der Waals surface area contributed by atoms with Gasteiger partial charge in [0.15, 0.2) is 0 Å². The summed E-state index contributed by atoms with van der Waals surface area (Å²) in [4.78, 5) is 12.3. The van der Waals surface area contributed by atoms with Gasteiger partial charge >= 0.3 is 6.03 Å². The minimum Gasteiger partial charge on any atom is -0.383 e. The molecular formula is C19H29N3O2. The molecule has 1 aliphatic heterocycles. The van der Waals surface area contributed by atoms with Crippen molar-refractivity contribution >= 4 is 11.7 Å². The van der Waals surface area contributed by atoms with E-state index in [1.165, 1.54) is 0 Å². The lowest BCUT2D eigenvalue weighted by molar-refractivity contribution is -0.108. The highest BCUT2D eigenvalue weighted by Gasteiger charge is 2.59. The minimum absolute atomic E-state index is 0.0135. The van der Waals surface area contributed by atoms with Crippen LogP contribution in [0.2, 0.25) is 0 Å². The monoisotopic (exact) mass is 331 g/mol. The largest absolute Gasteiger partial charge is 0.383 e. The molecule has 1 heterocycles. The number of fused-ring (bicyclic) bond motifs is 1. The second kappa shape index (κ2) is 6.63. The standard InChI is InChI=1S/C19H29N3O2/c1-12(2)21-14-7-5-6-13(10-14)11-20-18(23)22-16-15-8-9-24-17(15)19(16,3)4/h5-7,10,12,15-17,21H,8-9,11H2,1-4H3,(H2,20,22,23)/t15-,16+,17+/m0/s1. The zero-order chi connectivity index (χ0) is 17.3. The van der Waals surface area contributed by atoms with Crippen LogP contribution in [0.25, 0.3) is 0 Å². The summed E-state index contributed by atoms with van der Waals surface area (Å²) >= 11 is 0. The van der Waals surface area contributed by atoms with Crippen LogP contribution in [0, 0.1) is 11.3 Å². The van der Waals surface area contributed by atoms with Crippen LogP contribution in [0.4, 0.5) is 10.5 Å². The molecule has 0 bridgehead atoms. The molecule has 3 atom stereocenters. The SMILES string of the molecule is CC(C)Nc1cccc(CNC(=O)N[C@@H]2[C@@H]3CCO[C@H]3C2(C)C)c1. The number of amides is 2. The molecule has 24 heavy (non-hydrogen) atoms. The molecule has 2 amide bonds. The molecule has 0 radical (unpaired) electrons. The Hall–Kier alpha value is -1.75. The molecule has 0 unspecified atom stereocenters. The Morgan fingerprint density at radius 3 is 2.92 bits per heavy atom. The van der Waals surface area contributed by atoms with Crippen molar-refractivity contribution in [1.29, 1.82) is 0 Å². The van der Waals surface area contributed by atoms with Gasteiger partial charge in [-0.3, -0.25) is 0 Å². The van der Waals surface area contributed by atoms with Gasteiger partial charge in [-0.2, -0.15) is 0 Å². The van der Waals surface area contributed by atoms with E-state index in [-0.39, 0.29) is 17.5 Å². The van der Waals surface area contributed by atoms with Crippen LogP contribution in [0.5, 0.6) is 0 Å². The van der Waals surface area contributed by atoms with Crippen molar-refractivity contribution < 1.29 is 9.53 Å². The Kier molecular flexibility index (Phi) is 4.72. The van der Waals surface area contributed by atoms with Gasteiger partial charge in [-0.25, -0.2) is 4.79 Å². The molecule has 1 aromatic rings. The minimum atomic E-state index is -0.0966. The number of nitrogens with one attached hydrogen (secondary N) is 3. The molecule has 3 rings (SSSR count). The lowest BCUT2D eigenvalue weighted by atomic mass is 9.57. The predicted molar refractivity (Wildman–Crippen MR) is 96.0 cm³/mol. The molecule has 1 aromatic carbocycles.